The van der Waals surface area contributed by atoms with Crippen LogP contribution in [0.2, 0.25) is 0 Å². The van der Waals surface area contributed by atoms with E-state index in [0.717, 1.165) is 18.2 Å². The Bertz CT molecular complexity index is 962. The lowest BCUT2D eigenvalue weighted by molar-refractivity contribution is 0.403. The fourth-order valence-electron chi connectivity index (χ4n) is 2.07. The molecule has 0 saturated carbocycles. The van der Waals surface area contributed by atoms with E-state index in [1.54, 1.807) is 0 Å². The second-order valence-corrected chi connectivity index (χ2v) is 4.58. The van der Waals surface area contributed by atoms with Crippen LogP contribution in [0.4, 0.5) is 8.78 Å². The molecule has 0 spiro atoms. The summed E-state index contributed by atoms with van der Waals surface area (Å²) in [4.78, 5) is 12.0. The Hall–Kier alpha value is -3.09. The van der Waals surface area contributed by atoms with Gasteiger partial charge in [-0.25, -0.2) is 8.78 Å². The predicted octanol–water partition coefficient (Wildman–Crippen LogP) is 2.86. The molecule has 1 heterocycles. The molecule has 22 heavy (non-hydrogen) atoms. The summed E-state index contributed by atoms with van der Waals surface area (Å²) in [7, 11) is 0. The van der Waals surface area contributed by atoms with Crippen LogP contribution in [0.1, 0.15) is 0 Å². The van der Waals surface area contributed by atoms with E-state index in [1.807, 2.05) is 0 Å². The Kier molecular flexibility index (Phi) is 2.98. The number of benzene rings is 2. The number of hydrogen-bond acceptors (Lipinski definition) is 5. The van der Waals surface area contributed by atoms with Gasteiger partial charge in [0.1, 0.15) is 5.82 Å². The predicted molar refractivity (Wildman–Crippen MR) is 72.8 cm³/mol. The normalized spacial score (nSPS) is 11.0. The van der Waals surface area contributed by atoms with Gasteiger partial charge >= 0.3 is 0 Å². The smallest absolute Gasteiger partial charge is 0.235 e. The molecule has 1 aromatic heterocycles. The van der Waals surface area contributed by atoms with Gasteiger partial charge in [0, 0.05) is 11.6 Å². The first-order valence-corrected chi connectivity index (χ1v) is 6.05. The van der Waals surface area contributed by atoms with Gasteiger partial charge < -0.3 is 19.7 Å². The van der Waals surface area contributed by atoms with E-state index >= 15 is 0 Å². The highest BCUT2D eigenvalue weighted by atomic mass is 19.1. The Labute approximate surface area is 121 Å². The highest BCUT2D eigenvalue weighted by molar-refractivity contribution is 5.82. The van der Waals surface area contributed by atoms with Crippen molar-refractivity contribution in [2.24, 2.45) is 0 Å². The second-order valence-electron chi connectivity index (χ2n) is 4.58. The third-order valence-electron chi connectivity index (χ3n) is 3.12. The van der Waals surface area contributed by atoms with E-state index in [9.17, 15) is 28.9 Å². The molecule has 112 valence electrons. The average molecular weight is 306 g/mol. The van der Waals surface area contributed by atoms with Crippen molar-refractivity contribution in [2.45, 2.75) is 0 Å². The Morgan fingerprint density at radius 1 is 0.955 bits per heavy atom. The van der Waals surface area contributed by atoms with Crippen LogP contribution in [-0.4, -0.2) is 15.3 Å². The highest BCUT2D eigenvalue weighted by Crippen LogP contribution is 2.35. The zero-order valence-corrected chi connectivity index (χ0v) is 10.8. The van der Waals surface area contributed by atoms with Crippen molar-refractivity contribution in [3.05, 3.63) is 52.2 Å². The monoisotopic (exact) mass is 306 g/mol. The van der Waals surface area contributed by atoms with Crippen molar-refractivity contribution in [2.75, 3.05) is 0 Å². The Morgan fingerprint density at radius 3 is 2.36 bits per heavy atom. The van der Waals surface area contributed by atoms with E-state index in [4.69, 9.17) is 4.42 Å². The van der Waals surface area contributed by atoms with Crippen LogP contribution in [0.5, 0.6) is 17.2 Å². The molecule has 0 aliphatic carbocycles. The molecule has 3 aromatic rings. The SMILES string of the molecule is O=c1c(O)c(-c2ccc(O)c(O)c2)oc2c(F)cc(F)cc12. The zero-order valence-electron chi connectivity index (χ0n) is 10.8. The molecule has 5 nitrogen and oxygen atoms in total. The summed E-state index contributed by atoms with van der Waals surface area (Å²) in [5, 5.41) is 28.2. The minimum atomic E-state index is -1.10. The number of phenolic OH excluding ortho intramolecular Hbond substituents is 2. The summed E-state index contributed by atoms with van der Waals surface area (Å²) in [6, 6.07) is 4.68. The van der Waals surface area contributed by atoms with Gasteiger partial charge in [-0.15, -0.1) is 0 Å². The van der Waals surface area contributed by atoms with Crippen LogP contribution < -0.4 is 5.43 Å². The molecule has 0 bridgehead atoms. The van der Waals surface area contributed by atoms with Gasteiger partial charge in [0.25, 0.3) is 0 Å². The van der Waals surface area contributed by atoms with Crippen molar-refractivity contribution in [3.63, 3.8) is 0 Å². The third-order valence-corrected chi connectivity index (χ3v) is 3.12. The van der Waals surface area contributed by atoms with Gasteiger partial charge in [-0.2, -0.15) is 0 Å². The maximum Gasteiger partial charge on any atom is 0.235 e. The van der Waals surface area contributed by atoms with Gasteiger partial charge in [-0.1, -0.05) is 0 Å². The minimum absolute atomic E-state index is 0.0375. The molecule has 0 radical (unpaired) electrons. The molecule has 0 unspecified atom stereocenters. The van der Waals surface area contributed by atoms with Gasteiger partial charge in [-0.05, 0) is 24.3 Å². The van der Waals surface area contributed by atoms with Gasteiger partial charge in [0.05, 0.1) is 5.39 Å². The number of hydrogen-bond donors (Lipinski definition) is 3. The van der Waals surface area contributed by atoms with Crippen LogP contribution in [0.15, 0.2) is 39.5 Å². The average Bonchev–Trinajstić information content (AvgIpc) is 2.46. The van der Waals surface area contributed by atoms with Gasteiger partial charge in [-0.3, -0.25) is 4.79 Å². The first-order valence-electron chi connectivity index (χ1n) is 6.05. The van der Waals surface area contributed by atoms with Gasteiger partial charge in [0.2, 0.25) is 11.2 Å². The van der Waals surface area contributed by atoms with E-state index < -0.39 is 51.0 Å². The van der Waals surface area contributed by atoms with Crippen LogP contribution >= 0.6 is 0 Å². The fraction of sp³-hybridized carbons (Fsp3) is 0. The molecular formula is C15H8F2O5. The van der Waals surface area contributed by atoms with Crippen LogP contribution in [0.25, 0.3) is 22.3 Å². The molecule has 0 amide bonds. The topological polar surface area (TPSA) is 90.9 Å². The van der Waals surface area contributed by atoms with Gasteiger partial charge in [0.15, 0.2) is 28.7 Å². The van der Waals surface area contributed by atoms with Crippen molar-refractivity contribution >= 4 is 11.0 Å². The van der Waals surface area contributed by atoms with Crippen LogP contribution in [-0.2, 0) is 0 Å². The van der Waals surface area contributed by atoms with Crippen LogP contribution in [0, 0.1) is 11.6 Å². The number of fused-ring (bicyclic) bond motifs is 1. The molecule has 0 atom stereocenters. The van der Waals surface area contributed by atoms with Crippen molar-refractivity contribution in [1.29, 1.82) is 0 Å². The molecular weight excluding hydrogens is 298 g/mol. The lowest BCUT2D eigenvalue weighted by atomic mass is 10.1. The maximum absolute atomic E-state index is 13.8. The molecule has 0 fully saturated rings. The van der Waals surface area contributed by atoms with Crippen LogP contribution in [0.3, 0.4) is 0 Å². The van der Waals surface area contributed by atoms with E-state index in [0.29, 0.717) is 6.07 Å². The fourth-order valence-corrected chi connectivity index (χ4v) is 2.07. The number of halogens is 2. The number of aromatic hydroxyl groups is 3. The summed E-state index contributed by atoms with van der Waals surface area (Å²) < 4.78 is 32.1. The zero-order chi connectivity index (χ0) is 16.0. The Morgan fingerprint density at radius 2 is 1.68 bits per heavy atom. The first-order chi connectivity index (χ1) is 10.4. The van der Waals surface area contributed by atoms with E-state index in [-0.39, 0.29) is 5.56 Å². The van der Waals surface area contributed by atoms with E-state index in [2.05, 4.69) is 0 Å². The lowest BCUT2D eigenvalue weighted by Gasteiger charge is -2.07. The molecule has 3 rings (SSSR count). The molecule has 3 N–H and O–H groups in total. The largest absolute Gasteiger partial charge is 0.504 e. The maximum atomic E-state index is 13.8. The summed E-state index contributed by atoms with van der Waals surface area (Å²) in [5.74, 6) is -4.28. The minimum Gasteiger partial charge on any atom is -0.504 e. The second kappa shape index (κ2) is 4.73. The van der Waals surface area contributed by atoms with Crippen molar-refractivity contribution in [1.82, 2.24) is 0 Å². The summed E-state index contributed by atoms with van der Waals surface area (Å²) in [6.45, 7) is 0. The summed E-state index contributed by atoms with van der Waals surface area (Å²) in [6.07, 6.45) is 0. The van der Waals surface area contributed by atoms with E-state index in [1.165, 1.54) is 6.07 Å². The molecule has 0 aliphatic rings. The lowest BCUT2D eigenvalue weighted by Crippen LogP contribution is -2.04. The van der Waals surface area contributed by atoms with Crippen molar-refractivity contribution < 1.29 is 28.5 Å². The molecule has 0 saturated heterocycles. The Balaban J connectivity index is 2.38. The van der Waals surface area contributed by atoms with Crippen molar-refractivity contribution in [3.8, 4) is 28.6 Å². The molecule has 0 aliphatic heterocycles. The number of rotatable bonds is 1. The third kappa shape index (κ3) is 2.03. The molecule has 2 aromatic carbocycles. The molecule has 7 heteroatoms. The standard InChI is InChI=1S/C15H8F2O5/c16-7-4-8-12(20)13(21)14(22-15(8)9(17)5-7)6-1-2-10(18)11(19)3-6/h1-5,18-19,21H. The highest BCUT2D eigenvalue weighted by Gasteiger charge is 2.19. The first kappa shape index (κ1) is 13.9. The summed E-state index contributed by atoms with van der Waals surface area (Å²) >= 11 is 0. The number of phenols is 2. The quantitative estimate of drug-likeness (QED) is 0.601. The summed E-state index contributed by atoms with van der Waals surface area (Å²) in [5.41, 5.74) is -1.50.